The van der Waals surface area contributed by atoms with Crippen LogP contribution >= 0.6 is 0 Å². The highest BCUT2D eigenvalue weighted by molar-refractivity contribution is 5.68. The van der Waals surface area contributed by atoms with Crippen molar-refractivity contribution in [3.05, 3.63) is 78.4 Å². The van der Waals surface area contributed by atoms with Gasteiger partial charge in [-0.25, -0.2) is 0 Å². The van der Waals surface area contributed by atoms with Crippen LogP contribution in [0.5, 0.6) is 0 Å². The van der Waals surface area contributed by atoms with Crippen molar-refractivity contribution in [2.24, 2.45) is 0 Å². The van der Waals surface area contributed by atoms with E-state index in [1.807, 2.05) is 12.1 Å². The third-order valence-electron chi connectivity index (χ3n) is 3.57. The zero-order chi connectivity index (χ0) is 13.1. The summed E-state index contributed by atoms with van der Waals surface area (Å²) in [6.45, 7) is 0. The maximum Gasteiger partial charge on any atom is 0.0353 e. The molecular weight excluding hydrogens is 230 g/mol. The lowest BCUT2D eigenvalue weighted by Gasteiger charge is -2.17. The predicted octanol–water partition coefficient (Wildman–Crippen LogP) is 4.54. The van der Waals surface area contributed by atoms with Gasteiger partial charge in [-0.3, -0.25) is 0 Å². The highest BCUT2D eigenvalue weighted by atomic mass is 14.6. The van der Waals surface area contributed by atoms with Crippen LogP contribution in [0.25, 0.3) is 11.1 Å². The van der Waals surface area contributed by atoms with Crippen molar-refractivity contribution in [3.8, 4) is 11.1 Å². The summed E-state index contributed by atoms with van der Waals surface area (Å²) in [5, 5.41) is 0. The minimum Gasteiger partial charge on any atom is -0.398 e. The molecule has 1 nitrogen and oxygen atoms in total. The molecule has 0 spiro atoms. The van der Waals surface area contributed by atoms with E-state index in [0.29, 0.717) is 5.92 Å². The van der Waals surface area contributed by atoms with Crippen molar-refractivity contribution >= 4 is 5.69 Å². The van der Waals surface area contributed by atoms with Gasteiger partial charge in [-0.15, -0.1) is 0 Å². The zero-order valence-electron chi connectivity index (χ0n) is 10.8. The molecular formula is C18H17N. The van der Waals surface area contributed by atoms with Gasteiger partial charge in [0.1, 0.15) is 0 Å². The monoisotopic (exact) mass is 247 g/mol. The fraction of sp³-hybridized carbons (Fsp3) is 0.111. The predicted molar refractivity (Wildman–Crippen MR) is 81.9 cm³/mol. The van der Waals surface area contributed by atoms with Crippen LogP contribution in [-0.2, 0) is 0 Å². The Morgan fingerprint density at radius 1 is 0.895 bits per heavy atom. The van der Waals surface area contributed by atoms with Gasteiger partial charge in [0.25, 0.3) is 0 Å². The van der Waals surface area contributed by atoms with Crippen LogP contribution in [0.4, 0.5) is 5.69 Å². The van der Waals surface area contributed by atoms with E-state index in [0.717, 1.165) is 12.1 Å². The summed E-state index contributed by atoms with van der Waals surface area (Å²) in [6, 6.07) is 16.8. The summed E-state index contributed by atoms with van der Waals surface area (Å²) in [5.41, 5.74) is 10.7. The molecule has 0 aliphatic heterocycles. The van der Waals surface area contributed by atoms with Crippen molar-refractivity contribution in [3.63, 3.8) is 0 Å². The molecule has 3 rings (SSSR count). The maximum atomic E-state index is 6.14. The van der Waals surface area contributed by atoms with Crippen LogP contribution in [0.3, 0.4) is 0 Å². The fourth-order valence-electron chi connectivity index (χ4n) is 2.52. The van der Waals surface area contributed by atoms with Crippen molar-refractivity contribution in [1.29, 1.82) is 0 Å². The molecule has 0 radical (unpaired) electrons. The Bertz CT molecular complexity index is 623. The number of rotatable bonds is 2. The second-order valence-corrected chi connectivity index (χ2v) is 4.86. The normalized spacial score (nSPS) is 17.6. The average molecular weight is 247 g/mol. The van der Waals surface area contributed by atoms with Gasteiger partial charge in [-0.05, 0) is 35.2 Å². The summed E-state index contributed by atoms with van der Waals surface area (Å²) in [6.07, 6.45) is 9.63. The lowest BCUT2D eigenvalue weighted by Crippen LogP contribution is -2.01. The van der Waals surface area contributed by atoms with E-state index < -0.39 is 0 Å². The molecule has 1 unspecified atom stereocenters. The smallest absolute Gasteiger partial charge is 0.0353 e. The van der Waals surface area contributed by atoms with E-state index in [2.05, 4.69) is 60.7 Å². The first-order valence-electron chi connectivity index (χ1n) is 6.63. The number of hydrogen-bond acceptors (Lipinski definition) is 1. The van der Waals surface area contributed by atoms with Gasteiger partial charge in [0.05, 0.1) is 0 Å². The highest BCUT2D eigenvalue weighted by Gasteiger charge is 2.12. The van der Waals surface area contributed by atoms with Gasteiger partial charge in [0.15, 0.2) is 0 Å². The topological polar surface area (TPSA) is 26.0 Å². The standard InChI is InChI=1S/C18H17N/c19-18-12-11-16(14-7-3-1-4-8-14)13-17(18)15-9-5-2-6-10-15/h1-9,11-13,15H,10,19H2. The Morgan fingerprint density at radius 3 is 2.47 bits per heavy atom. The van der Waals surface area contributed by atoms with E-state index in [-0.39, 0.29) is 0 Å². The van der Waals surface area contributed by atoms with E-state index >= 15 is 0 Å². The summed E-state index contributed by atoms with van der Waals surface area (Å²) in [7, 11) is 0. The molecule has 0 amide bonds. The number of anilines is 1. The van der Waals surface area contributed by atoms with Gasteiger partial charge in [-0.1, -0.05) is 60.7 Å². The molecule has 1 aliphatic carbocycles. The lowest BCUT2D eigenvalue weighted by atomic mass is 9.89. The second kappa shape index (κ2) is 5.15. The van der Waals surface area contributed by atoms with Crippen molar-refractivity contribution in [2.45, 2.75) is 12.3 Å². The first kappa shape index (κ1) is 11.8. The van der Waals surface area contributed by atoms with E-state index in [1.165, 1.54) is 16.7 Å². The summed E-state index contributed by atoms with van der Waals surface area (Å²) >= 11 is 0. The first-order valence-corrected chi connectivity index (χ1v) is 6.63. The number of nitrogen functional groups attached to an aromatic ring is 1. The third kappa shape index (κ3) is 2.45. The first-order chi connectivity index (χ1) is 9.34. The number of allylic oxidation sites excluding steroid dienone is 4. The van der Waals surface area contributed by atoms with Gasteiger partial charge in [-0.2, -0.15) is 0 Å². The minimum absolute atomic E-state index is 0.397. The molecule has 1 atom stereocenters. The Morgan fingerprint density at radius 2 is 1.74 bits per heavy atom. The molecule has 0 saturated heterocycles. The largest absolute Gasteiger partial charge is 0.398 e. The third-order valence-corrected chi connectivity index (χ3v) is 3.57. The van der Waals surface area contributed by atoms with Crippen LogP contribution < -0.4 is 5.73 Å². The van der Waals surface area contributed by atoms with Gasteiger partial charge >= 0.3 is 0 Å². The van der Waals surface area contributed by atoms with Crippen LogP contribution in [0.15, 0.2) is 72.8 Å². The quantitative estimate of drug-likeness (QED) is 0.775. The zero-order valence-corrected chi connectivity index (χ0v) is 10.8. The van der Waals surface area contributed by atoms with Crippen LogP contribution in [0.2, 0.25) is 0 Å². The van der Waals surface area contributed by atoms with Crippen molar-refractivity contribution in [2.75, 3.05) is 5.73 Å². The molecule has 2 N–H and O–H groups in total. The molecule has 1 aliphatic rings. The number of hydrogen-bond donors (Lipinski definition) is 1. The Balaban J connectivity index is 2.01. The Hall–Kier alpha value is -2.28. The molecule has 19 heavy (non-hydrogen) atoms. The number of nitrogens with two attached hydrogens (primary N) is 1. The van der Waals surface area contributed by atoms with E-state index in [4.69, 9.17) is 5.73 Å². The van der Waals surface area contributed by atoms with Gasteiger partial charge < -0.3 is 5.73 Å². The van der Waals surface area contributed by atoms with Crippen LogP contribution in [-0.4, -0.2) is 0 Å². The SMILES string of the molecule is Nc1ccc(-c2ccccc2)cc1C1C=CC=CC1. The van der Waals surface area contributed by atoms with E-state index in [1.54, 1.807) is 0 Å². The molecule has 1 heteroatoms. The average Bonchev–Trinajstić information content (AvgIpc) is 2.49. The fourth-order valence-corrected chi connectivity index (χ4v) is 2.52. The van der Waals surface area contributed by atoms with Crippen LogP contribution in [0.1, 0.15) is 17.9 Å². The highest BCUT2D eigenvalue weighted by Crippen LogP contribution is 2.32. The van der Waals surface area contributed by atoms with Gasteiger partial charge in [0.2, 0.25) is 0 Å². The summed E-state index contributed by atoms with van der Waals surface area (Å²) in [4.78, 5) is 0. The van der Waals surface area contributed by atoms with E-state index in [9.17, 15) is 0 Å². The Kier molecular flexibility index (Phi) is 3.20. The lowest BCUT2D eigenvalue weighted by molar-refractivity contribution is 0.857. The molecule has 2 aromatic carbocycles. The summed E-state index contributed by atoms with van der Waals surface area (Å²) in [5.74, 6) is 0.397. The number of benzene rings is 2. The molecule has 0 bridgehead atoms. The second-order valence-electron chi connectivity index (χ2n) is 4.86. The Labute approximate surface area is 114 Å². The van der Waals surface area contributed by atoms with Crippen molar-refractivity contribution < 1.29 is 0 Å². The molecule has 2 aromatic rings. The molecule has 0 fully saturated rings. The van der Waals surface area contributed by atoms with Gasteiger partial charge in [0, 0.05) is 11.6 Å². The molecule has 0 saturated carbocycles. The summed E-state index contributed by atoms with van der Waals surface area (Å²) < 4.78 is 0. The molecule has 0 aromatic heterocycles. The van der Waals surface area contributed by atoms with Crippen LogP contribution in [0, 0.1) is 0 Å². The minimum atomic E-state index is 0.397. The molecule has 94 valence electrons. The molecule has 0 heterocycles. The van der Waals surface area contributed by atoms with Crippen molar-refractivity contribution in [1.82, 2.24) is 0 Å². The maximum absolute atomic E-state index is 6.14.